The Labute approximate surface area is 158 Å². The highest BCUT2D eigenvalue weighted by molar-refractivity contribution is 5.53. The van der Waals surface area contributed by atoms with Gasteiger partial charge in [-0.1, -0.05) is 12.8 Å². The van der Waals surface area contributed by atoms with E-state index in [-0.39, 0.29) is 22.1 Å². The first-order valence-corrected chi connectivity index (χ1v) is 9.42. The molecular weight excluding hydrogens is 344 g/mol. The summed E-state index contributed by atoms with van der Waals surface area (Å²) >= 11 is 0. The Morgan fingerprint density at radius 2 is 1.70 bits per heavy atom. The third-order valence-corrected chi connectivity index (χ3v) is 6.23. The Hall–Kier alpha value is -2.60. The highest BCUT2D eigenvalue weighted by atomic mass is 16.6. The molecule has 0 radical (unpaired) electrons. The third kappa shape index (κ3) is 2.94. The fourth-order valence-corrected chi connectivity index (χ4v) is 4.84. The second-order valence-electron chi connectivity index (χ2n) is 7.55. The van der Waals surface area contributed by atoms with E-state index in [0.717, 1.165) is 23.6 Å². The minimum atomic E-state index is -0.357. The minimum Gasteiger partial charge on any atom is -0.493 e. The van der Waals surface area contributed by atoms with Gasteiger partial charge in [0.05, 0.1) is 25.7 Å². The molecule has 0 amide bonds. The number of nitro groups is 1. The highest BCUT2D eigenvalue weighted by Gasteiger charge is 2.45. The maximum Gasteiger partial charge on any atom is 0.269 e. The zero-order valence-electron chi connectivity index (χ0n) is 15.7. The lowest BCUT2D eigenvalue weighted by atomic mass is 9.71. The molecule has 0 saturated heterocycles. The second kappa shape index (κ2) is 6.85. The lowest BCUT2D eigenvalue weighted by Gasteiger charge is -2.38. The van der Waals surface area contributed by atoms with E-state index < -0.39 is 0 Å². The number of benzene rings is 2. The van der Waals surface area contributed by atoms with E-state index >= 15 is 0 Å². The smallest absolute Gasteiger partial charge is 0.269 e. The number of fused-ring (bicyclic) bond motifs is 2. The number of nitrogens with two attached hydrogens (primary N) is 1. The molecule has 27 heavy (non-hydrogen) atoms. The van der Waals surface area contributed by atoms with Crippen LogP contribution in [0.4, 0.5) is 5.69 Å². The van der Waals surface area contributed by atoms with E-state index in [9.17, 15) is 10.1 Å². The quantitative estimate of drug-likeness (QED) is 0.664. The molecule has 1 heterocycles. The van der Waals surface area contributed by atoms with Crippen molar-refractivity contribution >= 4 is 5.69 Å². The maximum atomic E-state index is 11.0. The largest absolute Gasteiger partial charge is 0.493 e. The fraction of sp³-hybridized carbons (Fsp3) is 0.429. The van der Waals surface area contributed by atoms with Crippen molar-refractivity contribution in [2.45, 2.75) is 37.1 Å². The van der Waals surface area contributed by atoms with Crippen LogP contribution >= 0.6 is 0 Å². The molecule has 1 fully saturated rings. The molecule has 1 aliphatic carbocycles. The molecular formula is C21H25N2O4+. The molecule has 2 aromatic rings. The number of non-ortho nitro benzene ring substituents is 1. The lowest BCUT2D eigenvalue weighted by molar-refractivity contribution is -0.698. The molecule has 1 atom stereocenters. The number of hydrogen-bond donors (Lipinski definition) is 1. The Kier molecular flexibility index (Phi) is 4.52. The maximum absolute atomic E-state index is 11.0. The van der Waals surface area contributed by atoms with Crippen LogP contribution in [0.15, 0.2) is 36.4 Å². The summed E-state index contributed by atoms with van der Waals surface area (Å²) in [6.07, 6.45) is 4.89. The molecule has 0 bridgehead atoms. The van der Waals surface area contributed by atoms with Crippen molar-refractivity contribution in [1.29, 1.82) is 0 Å². The van der Waals surface area contributed by atoms with Gasteiger partial charge in [-0.2, -0.15) is 0 Å². The van der Waals surface area contributed by atoms with Crippen LogP contribution in [0, 0.1) is 10.1 Å². The van der Waals surface area contributed by atoms with Crippen molar-refractivity contribution in [2.24, 2.45) is 0 Å². The minimum absolute atomic E-state index is 0.104. The van der Waals surface area contributed by atoms with Gasteiger partial charge in [-0.25, -0.2) is 0 Å². The summed E-state index contributed by atoms with van der Waals surface area (Å²) < 4.78 is 11.1. The number of nitro benzene ring substituents is 1. The Morgan fingerprint density at radius 3 is 2.30 bits per heavy atom. The standard InChI is InChI=1S/C21H24N2O4/c1-26-18-11-16-17(12-19(18)27-2)21(9-3-4-10-21)13-22-20(16)14-5-7-15(8-6-14)23(24)25/h5-8,11-12,20,22H,3-4,9-10,13H2,1-2H3/p+1. The highest BCUT2D eigenvalue weighted by Crippen LogP contribution is 2.48. The molecule has 1 unspecified atom stereocenters. The number of hydrogen-bond acceptors (Lipinski definition) is 4. The zero-order chi connectivity index (χ0) is 19.0. The van der Waals surface area contributed by atoms with Crippen LogP contribution in [0.1, 0.15) is 48.4 Å². The van der Waals surface area contributed by atoms with Crippen molar-refractivity contribution in [3.05, 3.63) is 63.2 Å². The van der Waals surface area contributed by atoms with Crippen molar-refractivity contribution in [3.63, 3.8) is 0 Å². The molecule has 2 aromatic carbocycles. The SMILES string of the molecule is COc1cc2c(cc1OC)C1(CCCC1)C[NH2+]C2c1ccc([N+](=O)[O-])cc1. The first-order valence-electron chi connectivity index (χ1n) is 9.42. The number of ether oxygens (including phenoxy) is 2. The average Bonchev–Trinajstić information content (AvgIpc) is 3.17. The summed E-state index contributed by atoms with van der Waals surface area (Å²) in [5, 5.41) is 13.4. The van der Waals surface area contributed by atoms with E-state index in [1.54, 1.807) is 26.4 Å². The van der Waals surface area contributed by atoms with Crippen LogP contribution in [-0.4, -0.2) is 25.7 Å². The van der Waals surface area contributed by atoms with Crippen LogP contribution in [0.5, 0.6) is 11.5 Å². The van der Waals surface area contributed by atoms with Gasteiger partial charge in [0.2, 0.25) is 0 Å². The van der Waals surface area contributed by atoms with Crippen molar-refractivity contribution in [2.75, 3.05) is 20.8 Å². The van der Waals surface area contributed by atoms with Gasteiger partial charge in [0.1, 0.15) is 6.04 Å². The lowest BCUT2D eigenvalue weighted by Crippen LogP contribution is -2.90. The van der Waals surface area contributed by atoms with Crippen LogP contribution in [0.25, 0.3) is 0 Å². The first kappa shape index (κ1) is 17.8. The van der Waals surface area contributed by atoms with Gasteiger partial charge < -0.3 is 14.8 Å². The number of quaternary nitrogens is 1. The van der Waals surface area contributed by atoms with Gasteiger partial charge in [-0.3, -0.25) is 10.1 Å². The Bertz CT molecular complexity index is 857. The normalized spacial score (nSPS) is 20.3. The third-order valence-electron chi connectivity index (χ3n) is 6.23. The van der Waals surface area contributed by atoms with E-state index in [1.807, 2.05) is 12.1 Å². The summed E-state index contributed by atoms with van der Waals surface area (Å²) in [4.78, 5) is 10.6. The predicted molar refractivity (Wildman–Crippen MR) is 101 cm³/mol. The van der Waals surface area contributed by atoms with Gasteiger partial charge in [0.25, 0.3) is 5.69 Å². The number of rotatable bonds is 4. The number of nitrogens with zero attached hydrogens (tertiary/aromatic N) is 1. The van der Waals surface area contributed by atoms with Gasteiger partial charge in [-0.05, 0) is 42.7 Å². The summed E-state index contributed by atoms with van der Waals surface area (Å²) in [7, 11) is 3.33. The summed E-state index contributed by atoms with van der Waals surface area (Å²) in [6.45, 7) is 1.02. The molecule has 2 aliphatic rings. The average molecular weight is 369 g/mol. The van der Waals surface area contributed by atoms with Crippen LogP contribution in [0.3, 0.4) is 0 Å². The zero-order valence-corrected chi connectivity index (χ0v) is 15.7. The van der Waals surface area contributed by atoms with Crippen molar-refractivity contribution in [1.82, 2.24) is 0 Å². The fourth-order valence-electron chi connectivity index (χ4n) is 4.84. The van der Waals surface area contributed by atoms with E-state index in [1.165, 1.54) is 36.8 Å². The topological polar surface area (TPSA) is 78.2 Å². The molecule has 142 valence electrons. The Balaban J connectivity index is 1.83. The van der Waals surface area contributed by atoms with E-state index in [0.29, 0.717) is 0 Å². The van der Waals surface area contributed by atoms with Crippen LogP contribution in [-0.2, 0) is 5.41 Å². The van der Waals surface area contributed by atoms with Gasteiger partial charge >= 0.3 is 0 Å². The van der Waals surface area contributed by atoms with Crippen LogP contribution in [0.2, 0.25) is 0 Å². The molecule has 2 N–H and O–H groups in total. The molecule has 0 aromatic heterocycles. The van der Waals surface area contributed by atoms with Gasteiger partial charge in [0.15, 0.2) is 11.5 Å². The molecule has 4 rings (SSSR count). The number of methoxy groups -OCH3 is 2. The monoisotopic (exact) mass is 369 g/mol. The second-order valence-corrected chi connectivity index (χ2v) is 7.55. The summed E-state index contributed by atoms with van der Waals surface area (Å²) in [6, 6.07) is 11.3. The van der Waals surface area contributed by atoms with Crippen molar-refractivity contribution in [3.8, 4) is 11.5 Å². The molecule has 1 aliphatic heterocycles. The van der Waals surface area contributed by atoms with Gasteiger partial charge in [-0.15, -0.1) is 0 Å². The molecule has 1 spiro atoms. The summed E-state index contributed by atoms with van der Waals surface area (Å²) in [5.41, 5.74) is 3.96. The molecule has 6 nitrogen and oxygen atoms in total. The molecule has 6 heteroatoms. The molecule has 1 saturated carbocycles. The first-order chi connectivity index (χ1) is 13.1. The van der Waals surface area contributed by atoms with E-state index in [2.05, 4.69) is 17.4 Å². The predicted octanol–water partition coefficient (Wildman–Crippen LogP) is 3.09. The summed E-state index contributed by atoms with van der Waals surface area (Å²) in [5.74, 6) is 1.50. The van der Waals surface area contributed by atoms with Crippen molar-refractivity contribution < 1.29 is 19.7 Å². The van der Waals surface area contributed by atoms with E-state index in [4.69, 9.17) is 9.47 Å². The van der Waals surface area contributed by atoms with Gasteiger partial charge in [0, 0.05) is 28.7 Å². The van der Waals surface area contributed by atoms with Crippen LogP contribution < -0.4 is 14.8 Å². The Morgan fingerprint density at radius 1 is 1.07 bits per heavy atom.